The van der Waals surface area contributed by atoms with Gasteiger partial charge in [-0.1, -0.05) is 5.16 Å². The van der Waals surface area contributed by atoms with E-state index >= 15 is 0 Å². The van der Waals surface area contributed by atoms with Crippen LogP contribution in [-0.2, 0) is 11.3 Å². The van der Waals surface area contributed by atoms with E-state index < -0.39 is 0 Å². The molecule has 0 unspecified atom stereocenters. The molecule has 6 heteroatoms. The standard InChI is InChI=1S/C16H18N4O2/c1-10-6-12-13(7-11(10)2)20(9-17-12)8-15-18-16(22-19-15)14-4-3-5-21-14/h6-7,9,14H,3-5,8H2,1-2H3/t14-/m1/s1. The first kappa shape index (κ1) is 13.5. The molecule has 0 N–H and O–H groups in total. The molecule has 1 saturated heterocycles. The summed E-state index contributed by atoms with van der Waals surface area (Å²) in [5.41, 5.74) is 4.58. The van der Waals surface area contributed by atoms with Crippen LogP contribution in [0.15, 0.2) is 23.0 Å². The lowest BCUT2D eigenvalue weighted by Gasteiger charge is -2.03. The predicted octanol–water partition coefficient (Wildman–Crippen LogP) is 2.94. The van der Waals surface area contributed by atoms with Gasteiger partial charge in [0.1, 0.15) is 6.10 Å². The molecule has 1 fully saturated rings. The molecule has 0 amide bonds. The molecule has 3 aromatic rings. The Kier molecular flexibility index (Phi) is 3.18. The molecule has 1 aliphatic heterocycles. The van der Waals surface area contributed by atoms with Crippen LogP contribution in [0.4, 0.5) is 0 Å². The second-order valence-corrected chi connectivity index (χ2v) is 5.85. The van der Waals surface area contributed by atoms with Crippen LogP contribution in [0.1, 0.15) is 41.8 Å². The van der Waals surface area contributed by atoms with Gasteiger partial charge < -0.3 is 13.8 Å². The van der Waals surface area contributed by atoms with Gasteiger partial charge in [-0.25, -0.2) is 4.98 Å². The van der Waals surface area contributed by atoms with Crippen molar-refractivity contribution < 1.29 is 9.26 Å². The van der Waals surface area contributed by atoms with E-state index in [1.807, 2.05) is 10.9 Å². The molecule has 2 aromatic heterocycles. The molecule has 0 saturated carbocycles. The summed E-state index contributed by atoms with van der Waals surface area (Å²) in [6, 6.07) is 4.26. The fourth-order valence-electron chi connectivity index (χ4n) is 2.83. The highest BCUT2D eigenvalue weighted by atomic mass is 16.5. The van der Waals surface area contributed by atoms with E-state index in [2.05, 4.69) is 41.1 Å². The molecule has 1 aromatic carbocycles. The molecule has 0 spiro atoms. The van der Waals surface area contributed by atoms with Gasteiger partial charge in [0, 0.05) is 6.61 Å². The Morgan fingerprint density at radius 1 is 1.27 bits per heavy atom. The maximum absolute atomic E-state index is 5.57. The summed E-state index contributed by atoms with van der Waals surface area (Å²) in [7, 11) is 0. The van der Waals surface area contributed by atoms with E-state index in [-0.39, 0.29) is 6.10 Å². The zero-order chi connectivity index (χ0) is 15.1. The fraction of sp³-hybridized carbons (Fsp3) is 0.438. The van der Waals surface area contributed by atoms with Crippen LogP contribution in [0.2, 0.25) is 0 Å². The molecule has 3 heterocycles. The number of benzene rings is 1. The zero-order valence-corrected chi connectivity index (χ0v) is 12.7. The molecule has 114 valence electrons. The number of nitrogens with zero attached hydrogens (tertiary/aromatic N) is 4. The number of rotatable bonds is 3. The smallest absolute Gasteiger partial charge is 0.255 e. The van der Waals surface area contributed by atoms with E-state index in [0.29, 0.717) is 18.3 Å². The number of imidazole rings is 1. The molecule has 4 rings (SSSR count). The lowest BCUT2D eigenvalue weighted by atomic mass is 10.1. The lowest BCUT2D eigenvalue weighted by Crippen LogP contribution is -2.01. The minimum Gasteiger partial charge on any atom is -0.368 e. The Hall–Kier alpha value is -2.21. The Morgan fingerprint density at radius 3 is 2.95 bits per heavy atom. The number of aryl methyl sites for hydroxylation is 2. The summed E-state index contributed by atoms with van der Waals surface area (Å²) in [5.74, 6) is 1.24. The first-order valence-corrected chi connectivity index (χ1v) is 7.57. The van der Waals surface area contributed by atoms with E-state index in [4.69, 9.17) is 9.26 Å². The summed E-state index contributed by atoms with van der Waals surface area (Å²) in [5, 5.41) is 4.07. The van der Waals surface area contributed by atoms with Crippen molar-refractivity contribution in [1.82, 2.24) is 19.7 Å². The van der Waals surface area contributed by atoms with Gasteiger partial charge in [0.2, 0.25) is 0 Å². The largest absolute Gasteiger partial charge is 0.368 e. The average molecular weight is 298 g/mol. The van der Waals surface area contributed by atoms with Crippen LogP contribution in [0.25, 0.3) is 11.0 Å². The van der Waals surface area contributed by atoms with Crippen molar-refractivity contribution in [2.45, 2.75) is 39.3 Å². The first-order valence-electron chi connectivity index (χ1n) is 7.57. The predicted molar refractivity (Wildman–Crippen MR) is 80.5 cm³/mol. The topological polar surface area (TPSA) is 66.0 Å². The third kappa shape index (κ3) is 2.29. The van der Waals surface area contributed by atoms with Crippen molar-refractivity contribution in [2.75, 3.05) is 6.61 Å². The van der Waals surface area contributed by atoms with Gasteiger partial charge in [0.05, 0.1) is 23.9 Å². The minimum absolute atomic E-state index is 0.0364. The Morgan fingerprint density at radius 2 is 2.14 bits per heavy atom. The van der Waals surface area contributed by atoms with Gasteiger partial charge in [0.15, 0.2) is 5.82 Å². The van der Waals surface area contributed by atoms with Crippen molar-refractivity contribution >= 4 is 11.0 Å². The van der Waals surface area contributed by atoms with Gasteiger partial charge in [-0.05, 0) is 49.9 Å². The zero-order valence-electron chi connectivity index (χ0n) is 12.7. The second kappa shape index (κ2) is 5.21. The SMILES string of the molecule is Cc1cc2ncn(Cc3noc([C@H]4CCCO4)n3)c2cc1C. The Bertz CT molecular complexity index is 815. The van der Waals surface area contributed by atoms with Crippen molar-refractivity contribution in [1.29, 1.82) is 0 Å². The van der Waals surface area contributed by atoms with E-state index in [0.717, 1.165) is 30.5 Å². The monoisotopic (exact) mass is 298 g/mol. The molecular weight excluding hydrogens is 280 g/mol. The van der Waals surface area contributed by atoms with Crippen LogP contribution in [0, 0.1) is 13.8 Å². The number of aromatic nitrogens is 4. The average Bonchev–Trinajstić information content (AvgIpc) is 3.22. The van der Waals surface area contributed by atoms with Crippen molar-refractivity contribution in [2.24, 2.45) is 0 Å². The third-order valence-corrected chi connectivity index (χ3v) is 4.24. The van der Waals surface area contributed by atoms with Crippen LogP contribution in [0.3, 0.4) is 0 Å². The highest BCUT2D eigenvalue weighted by molar-refractivity contribution is 5.77. The summed E-state index contributed by atoms with van der Waals surface area (Å²) in [4.78, 5) is 8.92. The summed E-state index contributed by atoms with van der Waals surface area (Å²) in [6.45, 7) is 5.53. The van der Waals surface area contributed by atoms with Crippen molar-refractivity contribution in [3.63, 3.8) is 0 Å². The van der Waals surface area contributed by atoms with Crippen LogP contribution < -0.4 is 0 Å². The van der Waals surface area contributed by atoms with Crippen LogP contribution in [-0.4, -0.2) is 26.3 Å². The summed E-state index contributed by atoms with van der Waals surface area (Å²) < 4.78 is 13.0. The highest BCUT2D eigenvalue weighted by Gasteiger charge is 2.24. The highest BCUT2D eigenvalue weighted by Crippen LogP contribution is 2.27. The number of ether oxygens (including phenoxy) is 1. The molecule has 0 radical (unpaired) electrons. The second-order valence-electron chi connectivity index (χ2n) is 5.85. The number of hydrogen-bond donors (Lipinski definition) is 0. The Labute approximate surface area is 128 Å². The van der Waals surface area contributed by atoms with Gasteiger partial charge in [-0.3, -0.25) is 0 Å². The normalized spacial score (nSPS) is 18.4. The van der Waals surface area contributed by atoms with Gasteiger partial charge >= 0.3 is 0 Å². The molecule has 0 bridgehead atoms. The quantitative estimate of drug-likeness (QED) is 0.743. The maximum Gasteiger partial charge on any atom is 0.255 e. The number of fused-ring (bicyclic) bond motifs is 1. The molecule has 1 aliphatic rings. The fourth-order valence-corrected chi connectivity index (χ4v) is 2.83. The lowest BCUT2D eigenvalue weighted by molar-refractivity contribution is 0.0835. The van der Waals surface area contributed by atoms with Gasteiger partial charge in [-0.15, -0.1) is 0 Å². The first-order chi connectivity index (χ1) is 10.7. The van der Waals surface area contributed by atoms with Gasteiger partial charge in [-0.2, -0.15) is 4.98 Å². The molecule has 1 atom stereocenters. The van der Waals surface area contributed by atoms with E-state index in [1.165, 1.54) is 11.1 Å². The third-order valence-electron chi connectivity index (χ3n) is 4.24. The maximum atomic E-state index is 5.57. The minimum atomic E-state index is -0.0364. The van der Waals surface area contributed by atoms with E-state index in [9.17, 15) is 0 Å². The van der Waals surface area contributed by atoms with Crippen LogP contribution in [0.5, 0.6) is 0 Å². The van der Waals surface area contributed by atoms with Gasteiger partial charge in [0.25, 0.3) is 5.89 Å². The Balaban J connectivity index is 1.62. The molecule has 0 aliphatic carbocycles. The molecule has 6 nitrogen and oxygen atoms in total. The van der Waals surface area contributed by atoms with E-state index in [1.54, 1.807) is 0 Å². The van der Waals surface area contributed by atoms with Crippen molar-refractivity contribution in [3.05, 3.63) is 41.3 Å². The molecular formula is C16H18N4O2. The molecule has 22 heavy (non-hydrogen) atoms. The summed E-state index contributed by atoms with van der Waals surface area (Å²) >= 11 is 0. The van der Waals surface area contributed by atoms with Crippen molar-refractivity contribution in [3.8, 4) is 0 Å². The van der Waals surface area contributed by atoms with Crippen LogP contribution >= 0.6 is 0 Å². The number of hydrogen-bond acceptors (Lipinski definition) is 5. The summed E-state index contributed by atoms with van der Waals surface area (Å²) in [6.07, 6.45) is 3.79.